The van der Waals surface area contributed by atoms with Crippen molar-refractivity contribution in [2.75, 3.05) is 6.61 Å². The van der Waals surface area contributed by atoms with E-state index >= 15 is 0 Å². The molecule has 2 aromatic rings. The Morgan fingerprint density at radius 2 is 1.63 bits per heavy atom. The van der Waals surface area contributed by atoms with Crippen molar-refractivity contribution in [1.82, 2.24) is 0 Å². The van der Waals surface area contributed by atoms with Crippen molar-refractivity contribution in [3.05, 3.63) is 72.8 Å². The van der Waals surface area contributed by atoms with Crippen LogP contribution in [-0.4, -0.2) is 38.3 Å². The molecule has 0 amide bonds. The van der Waals surface area contributed by atoms with Crippen molar-refractivity contribution in [3.63, 3.8) is 0 Å². The van der Waals surface area contributed by atoms with Crippen LogP contribution in [0.1, 0.15) is 40.0 Å². The zero-order chi connectivity index (χ0) is 21.6. The molecule has 1 aliphatic heterocycles. The van der Waals surface area contributed by atoms with E-state index in [1.165, 1.54) is 0 Å². The van der Waals surface area contributed by atoms with E-state index in [4.69, 9.17) is 8.85 Å². The molecule has 4 nitrogen and oxygen atoms in total. The summed E-state index contributed by atoms with van der Waals surface area (Å²) in [7, 11) is -2.99. The molecule has 0 aliphatic carbocycles. The third kappa shape index (κ3) is 5.55. The third-order valence-corrected chi connectivity index (χ3v) is 8.85. The van der Waals surface area contributed by atoms with Crippen LogP contribution in [0.15, 0.2) is 72.8 Å². The van der Waals surface area contributed by atoms with Gasteiger partial charge in [-0.15, -0.1) is 0 Å². The van der Waals surface area contributed by atoms with Gasteiger partial charge in [0.15, 0.2) is 0 Å². The second-order valence-corrected chi connectivity index (χ2v) is 11.8. The molecule has 0 fully saturated rings. The van der Waals surface area contributed by atoms with Crippen molar-refractivity contribution < 1.29 is 18.8 Å². The highest BCUT2D eigenvalue weighted by Crippen LogP contribution is 2.24. The molecule has 2 atom stereocenters. The van der Waals surface area contributed by atoms with Gasteiger partial charge in [0, 0.05) is 19.4 Å². The Bertz CT molecular complexity index is 803. The molecule has 0 unspecified atom stereocenters. The molecule has 1 heterocycles. The van der Waals surface area contributed by atoms with E-state index in [2.05, 4.69) is 0 Å². The largest absolute Gasteiger partial charge is 0.407 e. The van der Waals surface area contributed by atoms with Gasteiger partial charge in [0.2, 0.25) is 0 Å². The smallest absolute Gasteiger partial charge is 0.392 e. The normalized spacial score (nSPS) is 21.3. The Morgan fingerprint density at radius 3 is 2.17 bits per heavy atom. The number of benzene rings is 2. The first-order valence-corrected chi connectivity index (χ1v) is 12.4. The summed E-state index contributed by atoms with van der Waals surface area (Å²) in [4.78, 5) is 12.8. The first kappa shape index (κ1) is 22.6. The van der Waals surface area contributed by atoms with Gasteiger partial charge in [0.25, 0.3) is 0 Å². The van der Waals surface area contributed by atoms with Gasteiger partial charge in [0.1, 0.15) is 5.78 Å². The predicted octanol–water partition coefficient (Wildman–Crippen LogP) is 3.36. The van der Waals surface area contributed by atoms with Crippen LogP contribution in [0.25, 0.3) is 0 Å². The molecule has 0 saturated heterocycles. The molecule has 1 aliphatic rings. The lowest BCUT2D eigenvalue weighted by Gasteiger charge is -2.35. The van der Waals surface area contributed by atoms with Crippen molar-refractivity contribution in [2.24, 2.45) is 5.41 Å². The first-order valence-electron chi connectivity index (χ1n) is 10.6. The molecule has 0 saturated carbocycles. The number of carbonyl (C=O) groups excluding carboxylic acids is 1. The maximum atomic E-state index is 12.8. The second kappa shape index (κ2) is 9.84. The minimum atomic E-state index is -2.99. The summed E-state index contributed by atoms with van der Waals surface area (Å²) in [6.45, 7) is 6.38. The molecular formula is C25H32O4Si. The van der Waals surface area contributed by atoms with Crippen molar-refractivity contribution in [2.45, 2.75) is 52.2 Å². The number of carbonyl (C=O) groups is 1. The molecule has 160 valence electrons. The van der Waals surface area contributed by atoms with Crippen LogP contribution in [0.3, 0.4) is 0 Å². The number of rotatable bonds is 6. The van der Waals surface area contributed by atoms with E-state index in [0.29, 0.717) is 6.61 Å². The monoisotopic (exact) mass is 424 g/mol. The molecule has 3 rings (SSSR count). The number of aliphatic hydroxyl groups is 1. The topological polar surface area (TPSA) is 55.8 Å². The lowest BCUT2D eigenvalue weighted by atomic mass is 9.85. The molecule has 0 bridgehead atoms. The van der Waals surface area contributed by atoms with E-state index in [1.54, 1.807) is 0 Å². The molecule has 2 aromatic carbocycles. The zero-order valence-electron chi connectivity index (χ0n) is 18.1. The van der Waals surface area contributed by atoms with E-state index in [1.807, 2.05) is 93.6 Å². The molecular weight excluding hydrogens is 392 g/mol. The third-order valence-electron chi connectivity index (χ3n) is 5.42. The second-order valence-electron chi connectivity index (χ2n) is 8.90. The van der Waals surface area contributed by atoms with Gasteiger partial charge in [-0.3, -0.25) is 4.79 Å². The van der Waals surface area contributed by atoms with Crippen LogP contribution in [0.5, 0.6) is 0 Å². The lowest BCUT2D eigenvalue weighted by molar-refractivity contribution is -0.123. The number of aliphatic hydroxyl groups excluding tert-OH is 1. The van der Waals surface area contributed by atoms with Crippen molar-refractivity contribution in [3.8, 4) is 0 Å². The highest BCUT2D eigenvalue weighted by Gasteiger charge is 2.45. The fraction of sp³-hybridized carbons (Fsp3) is 0.400. The van der Waals surface area contributed by atoms with Crippen molar-refractivity contribution in [1.29, 1.82) is 0 Å². The molecule has 0 radical (unpaired) electrons. The summed E-state index contributed by atoms with van der Waals surface area (Å²) in [6.07, 6.45) is 4.06. The Morgan fingerprint density at radius 1 is 1.07 bits per heavy atom. The van der Waals surface area contributed by atoms with E-state index in [-0.39, 0.29) is 24.0 Å². The maximum absolute atomic E-state index is 12.8. The summed E-state index contributed by atoms with van der Waals surface area (Å²) >= 11 is 0. The fourth-order valence-corrected chi connectivity index (χ4v) is 6.79. The molecule has 0 aromatic heterocycles. The van der Waals surface area contributed by atoms with Crippen molar-refractivity contribution >= 4 is 24.7 Å². The minimum absolute atomic E-state index is 0.00308. The Hall–Kier alpha value is -2.05. The van der Waals surface area contributed by atoms with Gasteiger partial charge in [-0.1, -0.05) is 93.6 Å². The fourth-order valence-electron chi connectivity index (χ4n) is 3.53. The number of Topliss-reactive ketones (excluding diaryl/α,β-unsaturated/α-hetero) is 1. The van der Waals surface area contributed by atoms with Gasteiger partial charge >= 0.3 is 8.56 Å². The quantitative estimate of drug-likeness (QED) is 0.571. The zero-order valence-corrected chi connectivity index (χ0v) is 19.1. The van der Waals surface area contributed by atoms with E-state index in [0.717, 1.165) is 16.8 Å². The van der Waals surface area contributed by atoms with Gasteiger partial charge in [-0.05, 0) is 22.2 Å². The van der Waals surface area contributed by atoms with E-state index in [9.17, 15) is 9.90 Å². The Labute approximate surface area is 180 Å². The predicted molar refractivity (Wildman–Crippen MR) is 122 cm³/mol. The SMILES string of the molecule is CC(C)(C)[C@H](O)CC(=O)C[C@@H]1/C=C\CCO[Si](c2ccccc2)(c2ccccc2)O1. The number of hydrogen-bond donors (Lipinski definition) is 1. The van der Waals surface area contributed by atoms with Crippen LogP contribution >= 0.6 is 0 Å². The van der Waals surface area contributed by atoms with Gasteiger partial charge in [0.05, 0.1) is 12.2 Å². The standard InChI is InChI=1S/C25H32O4Si/c1-25(2,3)24(27)19-20(26)18-21-12-10-11-17-28-30(29-21,22-13-6-4-7-14-22)23-15-8-5-9-16-23/h4-10,12-16,21,24,27H,11,17-19H2,1-3H3/b12-10-/t21-,24+/m0/s1. The molecule has 5 heteroatoms. The summed E-state index contributed by atoms with van der Waals surface area (Å²) in [5.41, 5.74) is -0.330. The van der Waals surface area contributed by atoms with Gasteiger partial charge in [-0.2, -0.15) is 0 Å². The van der Waals surface area contributed by atoms with Crippen LogP contribution < -0.4 is 10.4 Å². The summed E-state index contributed by atoms with van der Waals surface area (Å²) in [5.74, 6) is -0.00308. The molecule has 0 spiro atoms. The highest BCUT2D eigenvalue weighted by molar-refractivity contribution is 6.92. The Kier molecular flexibility index (Phi) is 7.42. The molecule has 1 N–H and O–H groups in total. The first-order chi connectivity index (χ1) is 14.3. The summed E-state index contributed by atoms with van der Waals surface area (Å²) in [5, 5.41) is 12.4. The Balaban J connectivity index is 1.90. The average Bonchev–Trinajstić information content (AvgIpc) is 2.70. The van der Waals surface area contributed by atoms with Crippen LogP contribution in [0.4, 0.5) is 0 Å². The van der Waals surface area contributed by atoms with Crippen LogP contribution in [0.2, 0.25) is 0 Å². The number of ketones is 1. The van der Waals surface area contributed by atoms with Crippen LogP contribution in [0, 0.1) is 5.41 Å². The van der Waals surface area contributed by atoms with Gasteiger partial charge < -0.3 is 14.0 Å². The average molecular weight is 425 g/mol. The van der Waals surface area contributed by atoms with E-state index < -0.39 is 20.8 Å². The minimum Gasteiger partial charge on any atom is -0.392 e. The molecule has 30 heavy (non-hydrogen) atoms. The van der Waals surface area contributed by atoms with Gasteiger partial charge in [-0.25, -0.2) is 0 Å². The summed E-state index contributed by atoms with van der Waals surface area (Å²) < 4.78 is 13.2. The summed E-state index contributed by atoms with van der Waals surface area (Å²) in [6, 6.07) is 20.1. The lowest BCUT2D eigenvalue weighted by Crippen LogP contribution is -2.65. The number of hydrogen-bond acceptors (Lipinski definition) is 4. The maximum Gasteiger partial charge on any atom is 0.407 e. The highest BCUT2D eigenvalue weighted by atomic mass is 28.4. The van der Waals surface area contributed by atoms with Crippen LogP contribution in [-0.2, 0) is 13.6 Å².